The monoisotopic (exact) mass is 310 g/mol. The molecule has 0 aliphatic rings. The molecule has 2 aromatic carbocycles. The molecule has 114 valence electrons. The highest BCUT2D eigenvalue weighted by molar-refractivity contribution is 6.10. The van der Waals surface area contributed by atoms with Crippen LogP contribution >= 0.6 is 0 Å². The van der Waals surface area contributed by atoms with E-state index in [2.05, 4.69) is 22.1 Å². The lowest BCUT2D eigenvalue weighted by Gasteiger charge is -2.08. The molecule has 0 radical (unpaired) electrons. The van der Waals surface area contributed by atoms with Gasteiger partial charge in [0.2, 0.25) is 0 Å². The predicted molar refractivity (Wildman–Crippen MR) is 80.6 cm³/mol. The van der Waals surface area contributed by atoms with Crippen molar-refractivity contribution < 1.29 is 13.9 Å². The zero-order valence-electron chi connectivity index (χ0n) is 11.9. The van der Waals surface area contributed by atoms with Crippen molar-refractivity contribution in [3.63, 3.8) is 0 Å². The van der Waals surface area contributed by atoms with Crippen molar-refractivity contribution >= 4 is 11.7 Å². The van der Waals surface area contributed by atoms with E-state index in [1.807, 2.05) is 18.2 Å². The Balaban J connectivity index is 1.82. The molecule has 0 spiro atoms. The minimum absolute atomic E-state index is 0.0572. The smallest absolute Gasteiger partial charge is 0.361 e. The van der Waals surface area contributed by atoms with Crippen LogP contribution in [0, 0.1) is 5.82 Å². The number of hydrogen-bond donors (Lipinski definition) is 0. The highest BCUT2D eigenvalue weighted by Crippen LogP contribution is 2.19. The second-order valence-electron chi connectivity index (χ2n) is 4.57. The summed E-state index contributed by atoms with van der Waals surface area (Å²) >= 11 is 0. The van der Waals surface area contributed by atoms with Gasteiger partial charge in [0.15, 0.2) is 5.82 Å². The van der Waals surface area contributed by atoms with Gasteiger partial charge < -0.3 is 4.74 Å². The summed E-state index contributed by atoms with van der Waals surface area (Å²) in [5.41, 5.74) is 0.673. The normalized spacial score (nSPS) is 10.3. The summed E-state index contributed by atoms with van der Waals surface area (Å²) in [5.74, 6) is -0.588. The summed E-state index contributed by atoms with van der Waals surface area (Å²) in [7, 11) is 0. The van der Waals surface area contributed by atoms with Crippen LogP contribution in [0.3, 0.4) is 0 Å². The van der Waals surface area contributed by atoms with Crippen LogP contribution in [-0.2, 0) is 4.79 Å². The summed E-state index contributed by atoms with van der Waals surface area (Å²) in [4.78, 5) is 12.1. The topological polar surface area (TPSA) is 69.9 Å². The standard InChI is InChI=1S/C16H11FN4O2/c1-11(16(22)23-14-9-7-13(17)8-10-14)21-15(18-19-20-21)12-5-3-2-4-6-12/h2-10H,1H2. The quantitative estimate of drug-likeness (QED) is 0.421. The van der Waals surface area contributed by atoms with Crippen LogP contribution in [-0.4, -0.2) is 26.2 Å². The first kappa shape index (κ1) is 14.6. The predicted octanol–water partition coefficient (Wildman–Crippen LogP) is 2.56. The summed E-state index contributed by atoms with van der Waals surface area (Å²) in [6, 6.07) is 14.2. The maximum atomic E-state index is 12.9. The molecule has 7 heteroatoms. The third-order valence-corrected chi connectivity index (χ3v) is 3.02. The molecule has 0 saturated heterocycles. The fraction of sp³-hybridized carbons (Fsp3) is 0. The lowest BCUT2D eigenvalue weighted by Crippen LogP contribution is -2.16. The van der Waals surface area contributed by atoms with Gasteiger partial charge in [0, 0.05) is 5.56 Å². The molecule has 0 aliphatic heterocycles. The summed E-state index contributed by atoms with van der Waals surface area (Å²) in [6.45, 7) is 3.67. The second-order valence-corrected chi connectivity index (χ2v) is 4.57. The Morgan fingerprint density at radius 2 is 1.78 bits per heavy atom. The Kier molecular flexibility index (Phi) is 3.92. The lowest BCUT2D eigenvalue weighted by atomic mass is 10.2. The Hall–Kier alpha value is -3.35. The molecule has 0 unspecified atom stereocenters. The largest absolute Gasteiger partial charge is 0.422 e. The lowest BCUT2D eigenvalue weighted by molar-refractivity contribution is -0.128. The molecule has 0 amide bonds. The number of halogens is 1. The molecule has 1 aromatic heterocycles. The molecule has 23 heavy (non-hydrogen) atoms. The van der Waals surface area contributed by atoms with Crippen molar-refractivity contribution in [1.82, 2.24) is 20.2 Å². The van der Waals surface area contributed by atoms with E-state index in [0.717, 1.165) is 5.56 Å². The molecule has 1 heterocycles. The molecule has 0 atom stereocenters. The minimum Gasteiger partial charge on any atom is -0.422 e. The number of benzene rings is 2. The Bertz CT molecular complexity index is 844. The summed E-state index contributed by atoms with van der Waals surface area (Å²) in [5, 5.41) is 11.2. The van der Waals surface area contributed by atoms with Gasteiger partial charge in [-0.1, -0.05) is 36.9 Å². The molecule has 0 fully saturated rings. The van der Waals surface area contributed by atoms with Crippen molar-refractivity contribution in [1.29, 1.82) is 0 Å². The van der Waals surface area contributed by atoms with E-state index >= 15 is 0 Å². The van der Waals surface area contributed by atoms with Gasteiger partial charge in [0.05, 0.1) is 0 Å². The Morgan fingerprint density at radius 1 is 1.09 bits per heavy atom. The molecular weight excluding hydrogens is 299 g/mol. The number of tetrazole rings is 1. The zero-order valence-corrected chi connectivity index (χ0v) is 11.9. The number of aromatic nitrogens is 4. The van der Waals surface area contributed by atoms with Crippen molar-refractivity contribution in [3.8, 4) is 17.1 Å². The van der Waals surface area contributed by atoms with Gasteiger partial charge >= 0.3 is 5.97 Å². The highest BCUT2D eigenvalue weighted by Gasteiger charge is 2.18. The van der Waals surface area contributed by atoms with Crippen LogP contribution in [0.2, 0.25) is 0 Å². The number of nitrogens with zero attached hydrogens (tertiary/aromatic N) is 4. The summed E-state index contributed by atoms with van der Waals surface area (Å²) < 4.78 is 19.2. The van der Waals surface area contributed by atoms with Crippen molar-refractivity contribution in [3.05, 3.63) is 67.0 Å². The van der Waals surface area contributed by atoms with E-state index in [0.29, 0.717) is 5.82 Å². The van der Waals surface area contributed by atoms with Crippen LogP contribution in [0.1, 0.15) is 0 Å². The SMILES string of the molecule is C=C(C(=O)Oc1ccc(F)cc1)n1nnnc1-c1ccccc1. The third-order valence-electron chi connectivity index (χ3n) is 3.02. The number of carbonyl (C=O) groups is 1. The number of esters is 1. The van der Waals surface area contributed by atoms with E-state index < -0.39 is 11.8 Å². The van der Waals surface area contributed by atoms with E-state index in [1.54, 1.807) is 12.1 Å². The second kappa shape index (κ2) is 6.18. The van der Waals surface area contributed by atoms with Gasteiger partial charge in [-0.05, 0) is 34.7 Å². The third kappa shape index (κ3) is 3.13. The Morgan fingerprint density at radius 3 is 2.48 bits per heavy atom. The van der Waals surface area contributed by atoms with Gasteiger partial charge in [-0.25, -0.2) is 9.18 Å². The van der Waals surface area contributed by atoms with Crippen molar-refractivity contribution in [2.45, 2.75) is 0 Å². The van der Waals surface area contributed by atoms with E-state index in [9.17, 15) is 9.18 Å². The average molecular weight is 310 g/mol. The van der Waals surface area contributed by atoms with Gasteiger partial charge in [-0.3, -0.25) is 0 Å². The molecule has 3 rings (SSSR count). The van der Waals surface area contributed by atoms with Gasteiger partial charge in [-0.2, -0.15) is 4.68 Å². The molecular formula is C16H11FN4O2. The first-order valence-electron chi connectivity index (χ1n) is 6.66. The summed E-state index contributed by atoms with van der Waals surface area (Å²) in [6.07, 6.45) is 0. The molecule has 6 nitrogen and oxygen atoms in total. The van der Waals surface area contributed by atoms with Crippen LogP contribution in [0.25, 0.3) is 17.1 Å². The van der Waals surface area contributed by atoms with Gasteiger partial charge in [-0.15, -0.1) is 5.10 Å². The van der Waals surface area contributed by atoms with Crippen LogP contribution in [0.4, 0.5) is 4.39 Å². The molecule has 3 aromatic rings. The average Bonchev–Trinajstić information content (AvgIpc) is 3.06. The number of rotatable bonds is 4. The van der Waals surface area contributed by atoms with E-state index in [1.165, 1.54) is 28.9 Å². The first-order valence-corrected chi connectivity index (χ1v) is 6.66. The number of carbonyl (C=O) groups excluding carboxylic acids is 1. The fourth-order valence-electron chi connectivity index (χ4n) is 1.89. The van der Waals surface area contributed by atoms with Gasteiger partial charge in [0.1, 0.15) is 17.3 Å². The molecule has 0 bridgehead atoms. The number of ether oxygens (including phenoxy) is 1. The van der Waals surface area contributed by atoms with Gasteiger partial charge in [0.25, 0.3) is 0 Å². The van der Waals surface area contributed by atoms with E-state index in [-0.39, 0.29) is 11.4 Å². The van der Waals surface area contributed by atoms with Crippen LogP contribution < -0.4 is 4.74 Å². The van der Waals surface area contributed by atoms with Crippen molar-refractivity contribution in [2.24, 2.45) is 0 Å². The van der Waals surface area contributed by atoms with Crippen molar-refractivity contribution in [2.75, 3.05) is 0 Å². The van der Waals surface area contributed by atoms with E-state index in [4.69, 9.17) is 4.74 Å². The van der Waals surface area contributed by atoms with Crippen LogP contribution in [0.15, 0.2) is 61.2 Å². The maximum Gasteiger partial charge on any atom is 0.361 e. The highest BCUT2D eigenvalue weighted by atomic mass is 19.1. The molecule has 0 aliphatic carbocycles. The first-order chi connectivity index (χ1) is 11.1. The number of hydrogen-bond acceptors (Lipinski definition) is 5. The Labute approximate surface area is 130 Å². The molecule has 0 saturated carbocycles. The minimum atomic E-state index is -0.735. The maximum absolute atomic E-state index is 12.9. The molecule has 0 N–H and O–H groups in total. The fourth-order valence-corrected chi connectivity index (χ4v) is 1.89. The zero-order chi connectivity index (χ0) is 16.2. The van der Waals surface area contributed by atoms with Crippen LogP contribution in [0.5, 0.6) is 5.75 Å².